The highest BCUT2D eigenvalue weighted by molar-refractivity contribution is 5.79. The quantitative estimate of drug-likeness (QED) is 0.294. The van der Waals surface area contributed by atoms with Crippen molar-refractivity contribution < 1.29 is 27.8 Å². The van der Waals surface area contributed by atoms with Crippen LogP contribution < -0.4 is 19.7 Å². The van der Waals surface area contributed by atoms with Gasteiger partial charge in [0.2, 0.25) is 17.7 Å². The van der Waals surface area contributed by atoms with Crippen molar-refractivity contribution in [3.8, 4) is 17.4 Å². The van der Waals surface area contributed by atoms with Crippen LogP contribution in [0.2, 0.25) is 0 Å². The van der Waals surface area contributed by atoms with Crippen LogP contribution in [0.1, 0.15) is 43.5 Å². The summed E-state index contributed by atoms with van der Waals surface area (Å²) >= 11 is 0. The highest BCUT2D eigenvalue weighted by Crippen LogP contribution is 2.32. The Kier molecular flexibility index (Phi) is 8.64. The normalized spacial score (nSPS) is 19.0. The highest BCUT2D eigenvalue weighted by atomic mass is 19.3. The molecule has 0 spiro atoms. The fourth-order valence-corrected chi connectivity index (χ4v) is 5.64. The van der Waals surface area contributed by atoms with Gasteiger partial charge in [-0.2, -0.15) is 9.97 Å². The van der Waals surface area contributed by atoms with Gasteiger partial charge in [0.25, 0.3) is 6.43 Å². The number of ether oxygens (including phenoxy) is 3. The number of carbonyl (C=O) groups is 1. The molecule has 1 saturated carbocycles. The lowest BCUT2D eigenvalue weighted by molar-refractivity contribution is -0.126. The summed E-state index contributed by atoms with van der Waals surface area (Å²) in [4.78, 5) is 28.4. The smallest absolute Gasteiger partial charge is 0.296 e. The summed E-state index contributed by atoms with van der Waals surface area (Å²) in [6.45, 7) is 2.62. The molecule has 0 unspecified atom stereocenters. The van der Waals surface area contributed by atoms with Crippen LogP contribution in [0.3, 0.4) is 0 Å². The Balaban J connectivity index is 1.18. The molecule has 2 fully saturated rings. The Hall–Kier alpha value is -4.32. The summed E-state index contributed by atoms with van der Waals surface area (Å²) in [5.74, 6) is 1.23. The van der Waals surface area contributed by atoms with E-state index in [-0.39, 0.29) is 29.6 Å². The molecule has 2 aromatic carbocycles. The van der Waals surface area contributed by atoms with Gasteiger partial charge in [-0.3, -0.25) is 9.36 Å². The van der Waals surface area contributed by atoms with Crippen molar-refractivity contribution in [1.29, 1.82) is 0 Å². The number of anilines is 1. The number of amides is 1. The Morgan fingerprint density at radius 2 is 1.81 bits per heavy atom. The third-order valence-electron chi connectivity index (χ3n) is 7.92. The van der Waals surface area contributed by atoms with Crippen LogP contribution in [0, 0.1) is 5.92 Å². The van der Waals surface area contributed by atoms with Crippen LogP contribution >= 0.6 is 0 Å². The molecular weight excluding hydrogens is 558 g/mol. The zero-order valence-corrected chi connectivity index (χ0v) is 23.9. The number of morpholine rings is 1. The van der Waals surface area contributed by atoms with E-state index in [0.29, 0.717) is 81.4 Å². The number of hydrogen-bond donors (Lipinski definition) is 1. The topological polar surface area (TPSA) is 104 Å². The lowest BCUT2D eigenvalue weighted by Gasteiger charge is -2.29. The van der Waals surface area contributed by atoms with Crippen LogP contribution in [0.15, 0.2) is 54.6 Å². The van der Waals surface area contributed by atoms with E-state index in [1.165, 1.54) is 4.57 Å². The number of para-hydroxylation sites is 2. The molecule has 10 nitrogen and oxygen atoms in total. The van der Waals surface area contributed by atoms with Gasteiger partial charge in [-0.1, -0.05) is 24.3 Å². The molecule has 43 heavy (non-hydrogen) atoms. The number of rotatable bonds is 9. The zero-order chi connectivity index (χ0) is 29.8. The summed E-state index contributed by atoms with van der Waals surface area (Å²) in [6.07, 6.45) is -0.296. The van der Waals surface area contributed by atoms with Gasteiger partial charge in [-0.15, -0.1) is 0 Å². The fourth-order valence-electron chi connectivity index (χ4n) is 5.64. The average Bonchev–Trinajstić information content (AvgIpc) is 3.45. The van der Waals surface area contributed by atoms with Crippen molar-refractivity contribution >= 4 is 22.9 Å². The van der Waals surface area contributed by atoms with Crippen LogP contribution in [0.25, 0.3) is 16.9 Å². The molecule has 1 N–H and O–H groups in total. The van der Waals surface area contributed by atoms with Gasteiger partial charge in [0, 0.05) is 31.6 Å². The Labute approximate surface area is 248 Å². The number of fused-ring (bicyclic) bond motifs is 1. The minimum Gasteiger partial charge on any atom is -0.497 e. The molecule has 4 aromatic rings. The molecule has 0 bridgehead atoms. The third kappa shape index (κ3) is 6.53. The van der Waals surface area contributed by atoms with Crippen LogP contribution in [0.4, 0.5) is 14.7 Å². The van der Waals surface area contributed by atoms with Crippen molar-refractivity contribution in [2.45, 2.75) is 44.8 Å². The van der Waals surface area contributed by atoms with Gasteiger partial charge in [-0.05, 0) is 55.5 Å². The maximum absolute atomic E-state index is 14.1. The third-order valence-corrected chi connectivity index (χ3v) is 7.92. The molecule has 3 heterocycles. The number of aromatic nitrogens is 4. The molecule has 1 amide bonds. The van der Waals surface area contributed by atoms with Gasteiger partial charge in [-0.25, -0.2) is 13.8 Å². The summed E-state index contributed by atoms with van der Waals surface area (Å²) in [6, 6.07) is 16.2. The van der Waals surface area contributed by atoms with Crippen molar-refractivity contribution in [1.82, 2.24) is 24.8 Å². The first-order chi connectivity index (χ1) is 21.0. The first-order valence-electron chi connectivity index (χ1n) is 14.5. The van der Waals surface area contributed by atoms with Gasteiger partial charge >= 0.3 is 0 Å². The number of methoxy groups -OCH3 is 1. The van der Waals surface area contributed by atoms with E-state index in [2.05, 4.69) is 20.3 Å². The number of halogens is 2. The monoisotopic (exact) mass is 592 g/mol. The van der Waals surface area contributed by atoms with Crippen LogP contribution in [-0.2, 0) is 16.1 Å². The lowest BCUT2D eigenvalue weighted by Crippen LogP contribution is -2.37. The van der Waals surface area contributed by atoms with Crippen molar-refractivity contribution in [3.05, 3.63) is 66.0 Å². The number of nitrogens with zero attached hydrogens (tertiary/aromatic N) is 5. The molecule has 0 radical (unpaired) electrons. The van der Waals surface area contributed by atoms with E-state index in [4.69, 9.17) is 14.2 Å². The van der Waals surface area contributed by atoms with Crippen molar-refractivity contribution in [3.63, 3.8) is 0 Å². The predicted molar refractivity (Wildman–Crippen MR) is 156 cm³/mol. The van der Waals surface area contributed by atoms with Crippen molar-refractivity contribution in [2.75, 3.05) is 38.3 Å². The van der Waals surface area contributed by atoms with E-state index in [0.717, 1.165) is 11.3 Å². The molecule has 12 heteroatoms. The number of alkyl halides is 2. The molecule has 1 saturated heterocycles. The van der Waals surface area contributed by atoms with E-state index in [1.807, 2.05) is 29.2 Å². The Morgan fingerprint density at radius 1 is 1.02 bits per heavy atom. The summed E-state index contributed by atoms with van der Waals surface area (Å²) in [5.41, 5.74) is 1.95. The molecule has 0 atom stereocenters. The SMILES string of the molecule is COc1cccc(CNC(=O)[C@H]2CC[C@H](Oc3cc(-n4c(C(F)F)nc5ccccc54)nc(N4CCOCC4)n3)CC2)c1. The Bertz CT molecular complexity index is 1570. The molecule has 1 aliphatic carbocycles. The predicted octanol–water partition coefficient (Wildman–Crippen LogP) is 4.85. The second-order valence-corrected chi connectivity index (χ2v) is 10.7. The van der Waals surface area contributed by atoms with Gasteiger partial charge in [0.1, 0.15) is 17.7 Å². The first-order valence-corrected chi connectivity index (χ1v) is 14.5. The molecule has 1 aliphatic heterocycles. The van der Waals surface area contributed by atoms with E-state index in [1.54, 1.807) is 37.4 Å². The van der Waals surface area contributed by atoms with E-state index < -0.39 is 6.43 Å². The molecular formula is C31H34F2N6O4. The second kappa shape index (κ2) is 12.9. The standard InChI is InChI=1S/C31H34F2N6O4/c1-41-23-6-4-5-20(17-23)19-34-30(40)21-9-11-22(12-10-21)43-27-18-26(36-31(37-27)38-13-15-42-16-14-38)39-25-8-3-2-7-24(25)35-29(39)28(32)33/h2-8,17-18,21-22,28H,9-16,19H2,1H3,(H,34,40)/t21-,22-. The number of nitrogens with one attached hydrogen (secondary N) is 1. The summed E-state index contributed by atoms with van der Waals surface area (Å²) in [5, 5.41) is 3.04. The largest absolute Gasteiger partial charge is 0.497 e. The van der Waals surface area contributed by atoms with Gasteiger partial charge < -0.3 is 24.4 Å². The minimum absolute atomic E-state index is 0.0201. The van der Waals surface area contributed by atoms with Gasteiger partial charge in [0.15, 0.2) is 5.82 Å². The van der Waals surface area contributed by atoms with Crippen LogP contribution in [-0.4, -0.2) is 64.9 Å². The Morgan fingerprint density at radius 3 is 2.58 bits per heavy atom. The second-order valence-electron chi connectivity index (χ2n) is 10.7. The minimum atomic E-state index is -2.80. The number of carbonyl (C=O) groups excluding carboxylic acids is 1. The summed E-state index contributed by atoms with van der Waals surface area (Å²) < 4.78 is 46.8. The number of imidazole rings is 1. The number of hydrogen-bond acceptors (Lipinski definition) is 8. The zero-order valence-electron chi connectivity index (χ0n) is 23.9. The van der Waals surface area contributed by atoms with E-state index in [9.17, 15) is 13.6 Å². The summed E-state index contributed by atoms with van der Waals surface area (Å²) in [7, 11) is 1.62. The van der Waals surface area contributed by atoms with Gasteiger partial charge in [0.05, 0.1) is 31.4 Å². The highest BCUT2D eigenvalue weighted by Gasteiger charge is 2.29. The molecule has 2 aliphatic rings. The average molecular weight is 593 g/mol. The maximum atomic E-state index is 14.1. The van der Waals surface area contributed by atoms with Crippen LogP contribution in [0.5, 0.6) is 11.6 Å². The maximum Gasteiger partial charge on any atom is 0.296 e. The molecule has 226 valence electrons. The van der Waals surface area contributed by atoms with Crippen molar-refractivity contribution in [2.24, 2.45) is 5.92 Å². The molecule has 6 rings (SSSR count). The molecule has 2 aromatic heterocycles. The number of benzene rings is 2. The lowest BCUT2D eigenvalue weighted by atomic mass is 9.86. The van der Waals surface area contributed by atoms with E-state index >= 15 is 0 Å². The first kappa shape index (κ1) is 28.8. The fraction of sp³-hybridized carbons (Fsp3) is 0.419.